The van der Waals surface area contributed by atoms with Gasteiger partial charge < -0.3 is 15.5 Å². The summed E-state index contributed by atoms with van der Waals surface area (Å²) in [4.78, 5) is 37.1. The average molecular weight is 545 g/mol. The summed E-state index contributed by atoms with van der Waals surface area (Å²) < 4.78 is 0. The molecular formula is C33H32N6O2. The van der Waals surface area contributed by atoms with Gasteiger partial charge in [-0.15, -0.1) is 0 Å². The lowest BCUT2D eigenvalue weighted by molar-refractivity contribution is 0.0949. The van der Waals surface area contributed by atoms with Crippen LogP contribution in [0.15, 0.2) is 72.9 Å². The Balaban J connectivity index is 1.29. The minimum absolute atomic E-state index is 0.181. The van der Waals surface area contributed by atoms with Gasteiger partial charge in [0, 0.05) is 46.9 Å². The smallest absolute Gasteiger partial charge is 0.255 e. The number of hydrogen-bond acceptors (Lipinski definition) is 6. The van der Waals surface area contributed by atoms with Crippen molar-refractivity contribution in [2.24, 2.45) is 0 Å². The van der Waals surface area contributed by atoms with Crippen LogP contribution >= 0.6 is 0 Å². The fraction of sp³-hybridized carbons (Fsp3) is 0.242. The summed E-state index contributed by atoms with van der Waals surface area (Å²) in [7, 11) is 0. The molecule has 8 heteroatoms. The molecule has 41 heavy (non-hydrogen) atoms. The van der Waals surface area contributed by atoms with E-state index in [2.05, 4.69) is 31.6 Å². The van der Waals surface area contributed by atoms with E-state index in [9.17, 15) is 14.9 Å². The highest BCUT2D eigenvalue weighted by Crippen LogP contribution is 2.27. The van der Waals surface area contributed by atoms with Crippen molar-refractivity contribution in [2.75, 3.05) is 23.3 Å². The molecule has 0 atom stereocenters. The highest BCUT2D eigenvalue weighted by Gasteiger charge is 2.16. The van der Waals surface area contributed by atoms with Crippen molar-refractivity contribution in [1.29, 1.82) is 5.26 Å². The average Bonchev–Trinajstić information content (AvgIpc) is 3.01. The lowest BCUT2D eigenvalue weighted by atomic mass is 10.0. The largest absolute Gasteiger partial charge is 0.371 e. The Morgan fingerprint density at radius 2 is 1.71 bits per heavy atom. The van der Waals surface area contributed by atoms with Crippen LogP contribution in [0.2, 0.25) is 0 Å². The van der Waals surface area contributed by atoms with Crippen LogP contribution in [-0.4, -0.2) is 34.9 Å². The number of aryl methyl sites for hydroxylation is 2. The van der Waals surface area contributed by atoms with Crippen LogP contribution in [0, 0.1) is 25.2 Å². The maximum absolute atomic E-state index is 13.2. The van der Waals surface area contributed by atoms with Crippen molar-refractivity contribution in [1.82, 2.24) is 15.3 Å². The number of rotatable bonds is 7. The van der Waals surface area contributed by atoms with E-state index in [-0.39, 0.29) is 11.8 Å². The van der Waals surface area contributed by atoms with E-state index in [1.165, 1.54) is 6.42 Å². The maximum Gasteiger partial charge on any atom is 0.255 e. The number of nitriles is 1. The number of anilines is 2. The third-order valence-corrected chi connectivity index (χ3v) is 7.21. The Kier molecular flexibility index (Phi) is 8.35. The van der Waals surface area contributed by atoms with E-state index < -0.39 is 0 Å². The van der Waals surface area contributed by atoms with Gasteiger partial charge in [0.25, 0.3) is 11.8 Å². The Morgan fingerprint density at radius 1 is 0.927 bits per heavy atom. The highest BCUT2D eigenvalue weighted by atomic mass is 16.2. The predicted molar refractivity (Wildman–Crippen MR) is 160 cm³/mol. The van der Waals surface area contributed by atoms with Crippen LogP contribution in [0.4, 0.5) is 11.4 Å². The number of nitrogens with one attached hydrogen (secondary N) is 2. The number of amides is 2. The molecule has 0 spiro atoms. The maximum atomic E-state index is 13.2. The molecule has 2 N–H and O–H groups in total. The van der Waals surface area contributed by atoms with E-state index in [0.29, 0.717) is 28.9 Å². The number of aromatic nitrogens is 2. The first-order valence-corrected chi connectivity index (χ1v) is 13.8. The zero-order chi connectivity index (χ0) is 28.8. The molecule has 1 aliphatic rings. The van der Waals surface area contributed by atoms with Crippen molar-refractivity contribution < 1.29 is 9.59 Å². The molecule has 5 rings (SSSR count). The van der Waals surface area contributed by atoms with Crippen molar-refractivity contribution >= 4 is 23.2 Å². The number of carbonyl (C=O) groups excluding carboxylic acids is 2. The Hall–Kier alpha value is -5.03. The minimum Gasteiger partial charge on any atom is -0.371 e. The normalized spacial score (nSPS) is 12.9. The van der Waals surface area contributed by atoms with Crippen LogP contribution in [-0.2, 0) is 6.54 Å². The van der Waals surface area contributed by atoms with Gasteiger partial charge in [0.05, 0.1) is 35.8 Å². The van der Waals surface area contributed by atoms with Gasteiger partial charge in [0.15, 0.2) is 0 Å². The number of carbonyl (C=O) groups is 2. The van der Waals surface area contributed by atoms with Crippen molar-refractivity contribution in [2.45, 2.75) is 39.7 Å². The van der Waals surface area contributed by atoms with Gasteiger partial charge in [-0.1, -0.05) is 18.2 Å². The standard InChI is InChI=1S/C33H32N6O2/c1-22-7-6-8-28(37-22)20-36-32(40)26-11-9-25(10-12-26)31-18-29(21-35-23(31)2)38-33(41)27-15-24(19-34)16-30(17-27)39-13-4-3-5-14-39/h6-12,15-18,21H,3-5,13-14,20H2,1-2H3,(H,36,40)(H,38,41). The lowest BCUT2D eigenvalue weighted by Gasteiger charge is -2.29. The number of hydrogen-bond donors (Lipinski definition) is 2. The van der Waals surface area contributed by atoms with Crippen molar-refractivity contribution in [3.8, 4) is 17.2 Å². The molecule has 0 unspecified atom stereocenters. The molecule has 0 aliphatic carbocycles. The predicted octanol–water partition coefficient (Wildman–Crippen LogP) is 5.80. The molecule has 8 nitrogen and oxygen atoms in total. The molecule has 2 aromatic carbocycles. The van der Waals surface area contributed by atoms with Gasteiger partial charge in [-0.05, 0) is 87.2 Å². The Morgan fingerprint density at radius 3 is 2.44 bits per heavy atom. The van der Waals surface area contributed by atoms with Crippen LogP contribution in [0.1, 0.15) is 62.6 Å². The van der Waals surface area contributed by atoms with Crippen LogP contribution in [0.25, 0.3) is 11.1 Å². The summed E-state index contributed by atoms with van der Waals surface area (Å²) in [6.45, 7) is 6.01. The zero-order valence-corrected chi connectivity index (χ0v) is 23.3. The molecule has 206 valence electrons. The first-order valence-electron chi connectivity index (χ1n) is 13.8. The molecule has 0 radical (unpaired) electrons. The summed E-state index contributed by atoms with van der Waals surface area (Å²) in [5.74, 6) is -0.480. The van der Waals surface area contributed by atoms with Gasteiger partial charge in [0.1, 0.15) is 0 Å². The topological polar surface area (TPSA) is 111 Å². The second-order valence-electron chi connectivity index (χ2n) is 10.3. The van der Waals surface area contributed by atoms with E-state index in [4.69, 9.17) is 0 Å². The monoisotopic (exact) mass is 544 g/mol. The molecule has 2 amide bonds. The summed E-state index contributed by atoms with van der Waals surface area (Å²) in [6, 6.07) is 22.4. The van der Waals surface area contributed by atoms with Crippen LogP contribution in [0.3, 0.4) is 0 Å². The number of benzene rings is 2. The first kappa shape index (κ1) is 27.5. The highest BCUT2D eigenvalue weighted by molar-refractivity contribution is 6.05. The molecule has 1 fully saturated rings. The number of nitrogens with zero attached hydrogens (tertiary/aromatic N) is 4. The second-order valence-corrected chi connectivity index (χ2v) is 10.3. The molecule has 1 saturated heterocycles. The Bertz CT molecular complexity index is 1620. The van der Waals surface area contributed by atoms with Crippen LogP contribution < -0.4 is 15.5 Å². The summed E-state index contributed by atoms with van der Waals surface area (Å²) in [5.41, 5.74) is 7.10. The first-order chi connectivity index (χ1) is 19.9. The summed E-state index contributed by atoms with van der Waals surface area (Å²) >= 11 is 0. The molecule has 3 heterocycles. The zero-order valence-electron chi connectivity index (χ0n) is 23.3. The number of piperidine rings is 1. The van der Waals surface area contributed by atoms with Crippen molar-refractivity contribution in [3.63, 3.8) is 0 Å². The SMILES string of the molecule is Cc1cccc(CNC(=O)c2ccc(-c3cc(NC(=O)c4cc(C#N)cc(N5CCCCC5)c4)cnc3C)cc2)n1. The molecular weight excluding hydrogens is 512 g/mol. The molecule has 0 bridgehead atoms. The fourth-order valence-corrected chi connectivity index (χ4v) is 5.01. The van der Waals surface area contributed by atoms with E-state index >= 15 is 0 Å². The lowest BCUT2D eigenvalue weighted by Crippen LogP contribution is -2.29. The summed E-state index contributed by atoms with van der Waals surface area (Å²) in [6.07, 6.45) is 5.03. The molecule has 1 aliphatic heterocycles. The second kappa shape index (κ2) is 12.4. The van der Waals surface area contributed by atoms with Crippen LogP contribution in [0.5, 0.6) is 0 Å². The van der Waals surface area contributed by atoms with Gasteiger partial charge in [-0.25, -0.2) is 0 Å². The van der Waals surface area contributed by atoms with Gasteiger partial charge >= 0.3 is 0 Å². The third-order valence-electron chi connectivity index (χ3n) is 7.21. The van der Waals surface area contributed by atoms with E-state index in [1.54, 1.807) is 24.4 Å². The number of pyridine rings is 2. The Labute approximate surface area is 240 Å². The quantitative estimate of drug-likeness (QED) is 0.304. The molecule has 0 saturated carbocycles. The van der Waals surface area contributed by atoms with E-state index in [0.717, 1.165) is 59.8 Å². The molecule has 4 aromatic rings. The fourth-order valence-electron chi connectivity index (χ4n) is 5.01. The van der Waals surface area contributed by atoms with Gasteiger partial charge in [0.2, 0.25) is 0 Å². The van der Waals surface area contributed by atoms with Gasteiger partial charge in [-0.3, -0.25) is 19.6 Å². The van der Waals surface area contributed by atoms with Gasteiger partial charge in [-0.2, -0.15) is 5.26 Å². The third kappa shape index (κ3) is 6.76. The molecule has 2 aromatic heterocycles. The minimum atomic E-state index is -0.299. The van der Waals surface area contributed by atoms with Crippen molar-refractivity contribution in [3.05, 3.63) is 107 Å². The summed E-state index contributed by atoms with van der Waals surface area (Å²) in [5, 5.41) is 15.4. The van der Waals surface area contributed by atoms with E-state index in [1.807, 2.05) is 62.4 Å².